The van der Waals surface area contributed by atoms with Gasteiger partial charge < -0.3 is 14.6 Å². The van der Waals surface area contributed by atoms with E-state index in [4.69, 9.17) is 14.6 Å². The predicted molar refractivity (Wildman–Crippen MR) is 66.4 cm³/mol. The fourth-order valence-corrected chi connectivity index (χ4v) is 2.11. The zero-order chi connectivity index (χ0) is 12.8. The number of rotatable bonds is 6. The van der Waals surface area contributed by atoms with Crippen LogP contribution in [0.25, 0.3) is 0 Å². The van der Waals surface area contributed by atoms with E-state index >= 15 is 0 Å². The molecule has 1 aromatic rings. The molecule has 1 heterocycles. The molecule has 18 heavy (non-hydrogen) atoms. The molecule has 1 aliphatic rings. The first-order chi connectivity index (χ1) is 8.75. The van der Waals surface area contributed by atoms with Crippen molar-refractivity contribution in [3.8, 4) is 0 Å². The number of hydrogen-bond acceptors (Lipinski definition) is 3. The average molecular weight is 250 g/mol. The molecule has 4 nitrogen and oxygen atoms in total. The van der Waals surface area contributed by atoms with E-state index in [2.05, 4.69) is 0 Å². The van der Waals surface area contributed by atoms with E-state index in [9.17, 15) is 4.79 Å². The smallest absolute Gasteiger partial charge is 0.307 e. The van der Waals surface area contributed by atoms with Crippen molar-refractivity contribution in [3.63, 3.8) is 0 Å². The maximum absolute atomic E-state index is 10.7. The van der Waals surface area contributed by atoms with Gasteiger partial charge in [-0.05, 0) is 24.0 Å². The first-order valence-corrected chi connectivity index (χ1v) is 6.23. The number of carbonyl (C=O) groups is 1. The highest BCUT2D eigenvalue weighted by Crippen LogP contribution is 2.15. The summed E-state index contributed by atoms with van der Waals surface area (Å²) in [6.07, 6.45) is 2.40. The van der Waals surface area contributed by atoms with Crippen molar-refractivity contribution in [1.29, 1.82) is 0 Å². The average Bonchev–Trinajstić information content (AvgIpc) is 2.84. The van der Waals surface area contributed by atoms with Crippen LogP contribution in [0.2, 0.25) is 0 Å². The van der Waals surface area contributed by atoms with E-state index < -0.39 is 5.97 Å². The van der Waals surface area contributed by atoms with Crippen LogP contribution in [0.15, 0.2) is 24.3 Å². The van der Waals surface area contributed by atoms with Gasteiger partial charge in [-0.15, -0.1) is 0 Å². The Bertz CT molecular complexity index is 397. The third-order valence-corrected chi connectivity index (χ3v) is 3.05. The minimum Gasteiger partial charge on any atom is -0.481 e. The van der Waals surface area contributed by atoms with E-state index in [0.29, 0.717) is 13.2 Å². The zero-order valence-corrected chi connectivity index (χ0v) is 10.3. The number of aliphatic carboxylic acids is 1. The molecule has 0 spiro atoms. The SMILES string of the molecule is O=C(O)Cc1ccccc1COCC1CCCO1. The van der Waals surface area contributed by atoms with Crippen LogP contribution in [0, 0.1) is 0 Å². The number of ether oxygens (including phenoxy) is 2. The molecule has 2 rings (SSSR count). The maximum Gasteiger partial charge on any atom is 0.307 e. The summed E-state index contributed by atoms with van der Waals surface area (Å²) in [6, 6.07) is 7.49. The van der Waals surface area contributed by atoms with E-state index in [1.54, 1.807) is 0 Å². The molecule has 98 valence electrons. The molecule has 0 saturated carbocycles. The third kappa shape index (κ3) is 3.82. The van der Waals surface area contributed by atoms with Gasteiger partial charge in [0.1, 0.15) is 0 Å². The first-order valence-electron chi connectivity index (χ1n) is 6.23. The summed E-state index contributed by atoms with van der Waals surface area (Å²) < 4.78 is 11.1. The monoisotopic (exact) mass is 250 g/mol. The first kappa shape index (κ1) is 13.1. The van der Waals surface area contributed by atoms with Crippen molar-refractivity contribution in [3.05, 3.63) is 35.4 Å². The Hall–Kier alpha value is -1.39. The fourth-order valence-electron chi connectivity index (χ4n) is 2.11. The lowest BCUT2D eigenvalue weighted by Gasteiger charge is -2.12. The Balaban J connectivity index is 1.85. The molecule has 0 radical (unpaired) electrons. The van der Waals surface area contributed by atoms with Gasteiger partial charge in [0.05, 0.1) is 25.7 Å². The Labute approximate surface area is 107 Å². The van der Waals surface area contributed by atoms with Crippen LogP contribution < -0.4 is 0 Å². The van der Waals surface area contributed by atoms with Gasteiger partial charge in [0.15, 0.2) is 0 Å². The van der Waals surface area contributed by atoms with Gasteiger partial charge in [-0.1, -0.05) is 24.3 Å². The normalized spacial score (nSPS) is 19.0. The molecule has 1 fully saturated rings. The summed E-state index contributed by atoms with van der Waals surface area (Å²) in [4.78, 5) is 10.7. The van der Waals surface area contributed by atoms with Crippen LogP contribution in [-0.4, -0.2) is 30.4 Å². The molecule has 1 unspecified atom stereocenters. The number of carboxylic acids is 1. The van der Waals surface area contributed by atoms with Crippen molar-refractivity contribution in [2.24, 2.45) is 0 Å². The summed E-state index contributed by atoms with van der Waals surface area (Å²) in [7, 11) is 0. The highest BCUT2D eigenvalue weighted by molar-refractivity contribution is 5.70. The zero-order valence-electron chi connectivity index (χ0n) is 10.3. The lowest BCUT2D eigenvalue weighted by Crippen LogP contribution is -2.14. The third-order valence-electron chi connectivity index (χ3n) is 3.05. The molecule has 1 aliphatic heterocycles. The largest absolute Gasteiger partial charge is 0.481 e. The number of benzene rings is 1. The van der Waals surface area contributed by atoms with Gasteiger partial charge in [0.2, 0.25) is 0 Å². The molecule has 1 saturated heterocycles. The van der Waals surface area contributed by atoms with Crippen LogP contribution in [0.5, 0.6) is 0 Å². The standard InChI is InChI=1S/C14H18O4/c15-14(16)8-11-4-1-2-5-12(11)9-17-10-13-6-3-7-18-13/h1-2,4-5,13H,3,6-10H2,(H,15,16). The Morgan fingerprint density at radius 3 is 2.83 bits per heavy atom. The van der Waals surface area contributed by atoms with Crippen molar-refractivity contribution in [2.75, 3.05) is 13.2 Å². The second-order valence-electron chi connectivity index (χ2n) is 4.49. The summed E-state index contributed by atoms with van der Waals surface area (Å²) in [5, 5.41) is 8.83. The van der Waals surface area contributed by atoms with Crippen molar-refractivity contribution in [1.82, 2.24) is 0 Å². The molecule has 0 bridgehead atoms. The van der Waals surface area contributed by atoms with Gasteiger partial charge in [-0.3, -0.25) is 4.79 Å². The van der Waals surface area contributed by atoms with Crippen LogP contribution in [-0.2, 0) is 27.3 Å². The topological polar surface area (TPSA) is 55.8 Å². The Kier molecular flexibility index (Phi) is 4.73. The Morgan fingerprint density at radius 2 is 2.17 bits per heavy atom. The van der Waals surface area contributed by atoms with E-state index in [1.807, 2.05) is 24.3 Å². The molecule has 0 aromatic heterocycles. The quantitative estimate of drug-likeness (QED) is 0.839. The summed E-state index contributed by atoms with van der Waals surface area (Å²) in [5.41, 5.74) is 1.76. The molecule has 1 N–H and O–H groups in total. The minimum absolute atomic E-state index is 0.0411. The van der Waals surface area contributed by atoms with Crippen LogP contribution in [0.1, 0.15) is 24.0 Å². The van der Waals surface area contributed by atoms with Gasteiger partial charge in [0, 0.05) is 6.61 Å². The molecule has 1 aromatic carbocycles. The van der Waals surface area contributed by atoms with Gasteiger partial charge in [0.25, 0.3) is 0 Å². The number of hydrogen-bond donors (Lipinski definition) is 1. The number of carboxylic acid groups (broad SMARTS) is 1. The van der Waals surface area contributed by atoms with E-state index in [-0.39, 0.29) is 12.5 Å². The molecule has 0 amide bonds. The molecule has 1 atom stereocenters. The Morgan fingerprint density at radius 1 is 1.39 bits per heavy atom. The molecular weight excluding hydrogens is 232 g/mol. The second-order valence-corrected chi connectivity index (χ2v) is 4.49. The maximum atomic E-state index is 10.7. The van der Waals surface area contributed by atoms with Gasteiger partial charge >= 0.3 is 5.97 Å². The highest BCUT2D eigenvalue weighted by atomic mass is 16.5. The fraction of sp³-hybridized carbons (Fsp3) is 0.500. The second kappa shape index (κ2) is 6.52. The van der Waals surface area contributed by atoms with Crippen molar-refractivity contribution < 1.29 is 19.4 Å². The summed E-state index contributed by atoms with van der Waals surface area (Å²) in [6.45, 7) is 1.86. The van der Waals surface area contributed by atoms with Crippen molar-refractivity contribution in [2.45, 2.75) is 32.0 Å². The van der Waals surface area contributed by atoms with Crippen LogP contribution >= 0.6 is 0 Å². The summed E-state index contributed by atoms with van der Waals surface area (Å²) in [5.74, 6) is -0.818. The van der Waals surface area contributed by atoms with Crippen LogP contribution in [0.4, 0.5) is 0 Å². The lowest BCUT2D eigenvalue weighted by atomic mass is 10.1. The lowest BCUT2D eigenvalue weighted by molar-refractivity contribution is -0.136. The van der Waals surface area contributed by atoms with Crippen molar-refractivity contribution >= 4 is 5.97 Å². The highest BCUT2D eigenvalue weighted by Gasteiger charge is 2.15. The summed E-state index contributed by atoms with van der Waals surface area (Å²) >= 11 is 0. The van der Waals surface area contributed by atoms with E-state index in [0.717, 1.165) is 30.6 Å². The van der Waals surface area contributed by atoms with E-state index in [1.165, 1.54) is 0 Å². The van der Waals surface area contributed by atoms with Gasteiger partial charge in [-0.25, -0.2) is 0 Å². The molecule has 4 heteroatoms. The minimum atomic E-state index is -0.818. The predicted octanol–water partition coefficient (Wildman–Crippen LogP) is 2.01. The van der Waals surface area contributed by atoms with Gasteiger partial charge in [-0.2, -0.15) is 0 Å². The molecular formula is C14H18O4. The van der Waals surface area contributed by atoms with Crippen LogP contribution in [0.3, 0.4) is 0 Å². The molecule has 0 aliphatic carbocycles.